The number of nitriles is 1. The first-order chi connectivity index (χ1) is 11.1. The van der Waals surface area contributed by atoms with Gasteiger partial charge in [-0.25, -0.2) is 0 Å². The molecule has 0 aliphatic carbocycles. The molecule has 0 bridgehead atoms. The fraction of sp³-hybridized carbons (Fsp3) is 0.222. The quantitative estimate of drug-likeness (QED) is 0.884. The van der Waals surface area contributed by atoms with E-state index in [9.17, 15) is 9.90 Å². The number of ether oxygens (including phenoxy) is 1. The van der Waals surface area contributed by atoms with Crippen LogP contribution in [0.25, 0.3) is 0 Å². The Morgan fingerprint density at radius 3 is 2.70 bits per heavy atom. The van der Waals surface area contributed by atoms with Gasteiger partial charge in [0.1, 0.15) is 18.0 Å². The van der Waals surface area contributed by atoms with E-state index in [1.807, 2.05) is 37.3 Å². The maximum absolute atomic E-state index is 12.6. The third-order valence-electron chi connectivity index (χ3n) is 3.82. The minimum Gasteiger partial charge on any atom is -0.508 e. The second-order valence-corrected chi connectivity index (χ2v) is 5.53. The van der Waals surface area contributed by atoms with Gasteiger partial charge in [0, 0.05) is 12.5 Å². The maximum atomic E-state index is 12.6. The molecule has 0 saturated carbocycles. The number of fused-ring (bicyclic) bond motifs is 1. The summed E-state index contributed by atoms with van der Waals surface area (Å²) >= 11 is 0. The van der Waals surface area contributed by atoms with Crippen LogP contribution in [0.5, 0.6) is 11.5 Å². The van der Waals surface area contributed by atoms with Gasteiger partial charge in [-0.2, -0.15) is 5.26 Å². The largest absolute Gasteiger partial charge is 0.508 e. The summed E-state index contributed by atoms with van der Waals surface area (Å²) in [6.07, 6.45) is -0.295. The lowest BCUT2D eigenvalue weighted by Gasteiger charge is -2.33. The molecular formula is C18H16N2O3. The average Bonchev–Trinajstić information content (AvgIpc) is 2.53. The minimum atomic E-state index is -0.708. The maximum Gasteiger partial charge on any atom is 0.269 e. The summed E-state index contributed by atoms with van der Waals surface area (Å²) in [4.78, 5) is 14.0. The highest BCUT2D eigenvalue weighted by molar-refractivity contribution is 6.00. The Bertz CT molecular complexity index is 778. The van der Waals surface area contributed by atoms with Crippen LogP contribution in [0.1, 0.15) is 11.1 Å². The van der Waals surface area contributed by atoms with E-state index in [-0.39, 0.29) is 18.2 Å². The number of rotatable bonds is 3. The van der Waals surface area contributed by atoms with Crippen LogP contribution in [-0.2, 0) is 11.2 Å². The highest BCUT2D eigenvalue weighted by atomic mass is 16.5. The molecule has 1 heterocycles. The number of carbonyl (C=O) groups excluding carboxylic acids is 1. The molecular weight excluding hydrogens is 292 g/mol. The number of aromatic hydroxyl groups is 1. The molecule has 3 rings (SSSR count). The smallest absolute Gasteiger partial charge is 0.269 e. The number of anilines is 1. The summed E-state index contributed by atoms with van der Waals surface area (Å²) in [5.74, 6) is 0.228. The number of nitrogens with zero attached hydrogens (tertiary/aromatic N) is 2. The van der Waals surface area contributed by atoms with Gasteiger partial charge in [-0.3, -0.25) is 9.69 Å². The predicted molar refractivity (Wildman–Crippen MR) is 85.4 cm³/mol. The lowest BCUT2D eigenvalue weighted by atomic mass is 10.0. The summed E-state index contributed by atoms with van der Waals surface area (Å²) in [5.41, 5.74) is 2.63. The Morgan fingerprint density at radius 2 is 2.00 bits per heavy atom. The monoisotopic (exact) mass is 308 g/mol. The molecule has 0 aromatic heterocycles. The summed E-state index contributed by atoms with van der Waals surface area (Å²) in [7, 11) is 0. The Labute approximate surface area is 134 Å². The van der Waals surface area contributed by atoms with E-state index in [1.165, 1.54) is 17.0 Å². The van der Waals surface area contributed by atoms with Crippen molar-refractivity contribution in [3.8, 4) is 17.6 Å². The summed E-state index contributed by atoms with van der Waals surface area (Å²) in [6, 6.07) is 14.4. The third kappa shape index (κ3) is 2.97. The molecule has 2 aromatic carbocycles. The van der Waals surface area contributed by atoms with E-state index < -0.39 is 6.10 Å². The summed E-state index contributed by atoms with van der Waals surface area (Å²) in [5, 5.41) is 18.6. The second-order valence-electron chi connectivity index (χ2n) is 5.53. The van der Waals surface area contributed by atoms with Crippen molar-refractivity contribution in [1.82, 2.24) is 0 Å². The Hall–Kier alpha value is -3.00. The molecule has 2 aromatic rings. The van der Waals surface area contributed by atoms with Crippen LogP contribution in [0.15, 0.2) is 42.5 Å². The Kier molecular flexibility index (Phi) is 3.90. The van der Waals surface area contributed by atoms with E-state index in [0.717, 1.165) is 11.1 Å². The molecule has 5 nitrogen and oxygen atoms in total. The van der Waals surface area contributed by atoms with Gasteiger partial charge in [0.2, 0.25) is 0 Å². The van der Waals surface area contributed by atoms with Gasteiger partial charge in [0.25, 0.3) is 5.91 Å². The number of carbonyl (C=O) groups is 1. The molecule has 23 heavy (non-hydrogen) atoms. The number of amides is 1. The van der Waals surface area contributed by atoms with Gasteiger partial charge in [-0.05, 0) is 24.6 Å². The molecule has 0 radical (unpaired) electrons. The van der Waals surface area contributed by atoms with E-state index in [0.29, 0.717) is 17.9 Å². The normalized spacial score (nSPS) is 16.4. The van der Waals surface area contributed by atoms with Gasteiger partial charge >= 0.3 is 0 Å². The summed E-state index contributed by atoms with van der Waals surface area (Å²) < 4.78 is 5.78. The number of phenols is 1. The number of hydrogen-bond acceptors (Lipinski definition) is 4. The lowest BCUT2D eigenvalue weighted by Crippen LogP contribution is -2.47. The zero-order valence-electron chi connectivity index (χ0n) is 12.7. The number of hydrogen-bond donors (Lipinski definition) is 1. The topological polar surface area (TPSA) is 73.6 Å². The molecule has 1 aliphatic rings. The average molecular weight is 308 g/mol. The molecule has 1 atom stereocenters. The second kappa shape index (κ2) is 6.01. The zero-order chi connectivity index (χ0) is 16.4. The van der Waals surface area contributed by atoms with Gasteiger partial charge in [0.15, 0.2) is 6.10 Å². The molecule has 1 amide bonds. The van der Waals surface area contributed by atoms with Crippen molar-refractivity contribution in [2.75, 3.05) is 11.4 Å². The van der Waals surface area contributed by atoms with Crippen LogP contribution < -0.4 is 9.64 Å². The third-order valence-corrected chi connectivity index (χ3v) is 3.82. The highest BCUT2D eigenvalue weighted by Crippen LogP contribution is 2.37. The first kappa shape index (κ1) is 14.9. The van der Waals surface area contributed by atoms with Crippen LogP contribution in [-0.4, -0.2) is 23.7 Å². The van der Waals surface area contributed by atoms with Crippen molar-refractivity contribution >= 4 is 11.6 Å². The van der Waals surface area contributed by atoms with E-state index >= 15 is 0 Å². The van der Waals surface area contributed by atoms with Gasteiger partial charge in [-0.15, -0.1) is 0 Å². The molecule has 116 valence electrons. The van der Waals surface area contributed by atoms with Crippen molar-refractivity contribution in [1.29, 1.82) is 5.26 Å². The standard InChI is InChI=1S/C18H16N2O3/c1-12-2-4-13(5-3-12)10-17-18(22)20(9-8-19)15-7-6-14(21)11-16(15)23-17/h2-7,11,17,21H,9-10H2,1H3. The first-order valence-corrected chi connectivity index (χ1v) is 7.32. The van der Waals surface area contributed by atoms with Crippen LogP contribution in [0.3, 0.4) is 0 Å². The molecule has 5 heteroatoms. The first-order valence-electron chi connectivity index (χ1n) is 7.32. The van der Waals surface area contributed by atoms with Gasteiger partial charge < -0.3 is 9.84 Å². The SMILES string of the molecule is Cc1ccc(CC2Oc3cc(O)ccc3N(CC#N)C2=O)cc1. The zero-order valence-corrected chi connectivity index (χ0v) is 12.7. The van der Waals surface area contributed by atoms with Crippen molar-refractivity contribution in [3.05, 3.63) is 53.6 Å². The molecule has 1 N–H and O–H groups in total. The van der Waals surface area contributed by atoms with Crippen LogP contribution >= 0.6 is 0 Å². The molecule has 0 spiro atoms. The number of benzene rings is 2. The summed E-state index contributed by atoms with van der Waals surface area (Å²) in [6.45, 7) is 1.95. The molecule has 0 fully saturated rings. The van der Waals surface area contributed by atoms with Crippen molar-refractivity contribution in [2.24, 2.45) is 0 Å². The van der Waals surface area contributed by atoms with Gasteiger partial charge in [-0.1, -0.05) is 29.8 Å². The van der Waals surface area contributed by atoms with E-state index in [1.54, 1.807) is 6.07 Å². The highest BCUT2D eigenvalue weighted by Gasteiger charge is 2.34. The van der Waals surface area contributed by atoms with Crippen molar-refractivity contribution < 1.29 is 14.6 Å². The Morgan fingerprint density at radius 1 is 1.26 bits per heavy atom. The fourth-order valence-corrected chi connectivity index (χ4v) is 2.62. The van der Waals surface area contributed by atoms with E-state index in [2.05, 4.69) is 0 Å². The molecule has 1 unspecified atom stereocenters. The minimum absolute atomic E-state index is 0.0512. The molecule has 1 aliphatic heterocycles. The van der Waals surface area contributed by atoms with Crippen LogP contribution in [0.4, 0.5) is 5.69 Å². The lowest BCUT2D eigenvalue weighted by molar-refractivity contribution is -0.126. The van der Waals surface area contributed by atoms with E-state index in [4.69, 9.17) is 10.00 Å². The molecule has 0 saturated heterocycles. The number of phenolic OH excluding ortho intramolecular Hbond substituents is 1. The number of aryl methyl sites for hydroxylation is 1. The van der Waals surface area contributed by atoms with Crippen molar-refractivity contribution in [2.45, 2.75) is 19.4 Å². The predicted octanol–water partition coefficient (Wildman–Crippen LogP) is 2.56. The van der Waals surface area contributed by atoms with Crippen LogP contribution in [0.2, 0.25) is 0 Å². The Balaban J connectivity index is 1.92. The van der Waals surface area contributed by atoms with Crippen molar-refractivity contribution in [3.63, 3.8) is 0 Å². The van der Waals surface area contributed by atoms with Crippen LogP contribution in [0, 0.1) is 18.3 Å². The van der Waals surface area contributed by atoms with Gasteiger partial charge in [0.05, 0.1) is 11.8 Å². The fourth-order valence-electron chi connectivity index (χ4n) is 2.62.